The lowest BCUT2D eigenvalue weighted by molar-refractivity contribution is -0.139. The van der Waals surface area contributed by atoms with E-state index in [0.29, 0.717) is 33.9 Å². The number of halogens is 1. The summed E-state index contributed by atoms with van der Waals surface area (Å²) in [6.45, 7) is 3.98. The molecule has 35 heavy (non-hydrogen) atoms. The summed E-state index contributed by atoms with van der Waals surface area (Å²) in [6, 6.07) is 11.4. The minimum atomic E-state index is -1.18. The largest absolute Gasteiger partial charge is 0.481 e. The second-order valence-corrected chi connectivity index (χ2v) is 8.61. The normalized spacial score (nSPS) is 13.7. The number of hydrogen-bond donors (Lipinski definition) is 3. The molecular formula is C26H26FN3O5. The molecule has 4 aromatic rings. The van der Waals surface area contributed by atoms with E-state index >= 15 is 0 Å². The van der Waals surface area contributed by atoms with E-state index in [4.69, 9.17) is 14.5 Å². The van der Waals surface area contributed by atoms with E-state index in [9.17, 15) is 19.4 Å². The van der Waals surface area contributed by atoms with Crippen molar-refractivity contribution in [1.82, 2.24) is 14.6 Å². The Kier molecular flexibility index (Phi) is 7.09. The predicted molar refractivity (Wildman–Crippen MR) is 128 cm³/mol. The minimum absolute atomic E-state index is 0.00412. The highest BCUT2D eigenvalue weighted by atomic mass is 19.1. The third kappa shape index (κ3) is 5.47. The van der Waals surface area contributed by atoms with Gasteiger partial charge in [-0.05, 0) is 42.3 Å². The van der Waals surface area contributed by atoms with Crippen molar-refractivity contribution in [2.75, 3.05) is 0 Å². The molecule has 9 heteroatoms. The van der Waals surface area contributed by atoms with Gasteiger partial charge in [0.1, 0.15) is 11.5 Å². The molecule has 3 heterocycles. The van der Waals surface area contributed by atoms with Gasteiger partial charge >= 0.3 is 5.97 Å². The van der Waals surface area contributed by atoms with E-state index in [2.05, 4.69) is 5.10 Å². The van der Waals surface area contributed by atoms with Crippen LogP contribution in [0.3, 0.4) is 0 Å². The fourth-order valence-corrected chi connectivity index (χ4v) is 3.92. The molecule has 1 aromatic carbocycles. The van der Waals surface area contributed by atoms with E-state index < -0.39 is 24.6 Å². The first-order chi connectivity index (χ1) is 16.7. The number of hydrogen-bond acceptors (Lipinski definition) is 6. The van der Waals surface area contributed by atoms with Gasteiger partial charge in [0.2, 0.25) is 0 Å². The van der Waals surface area contributed by atoms with Crippen LogP contribution in [0.2, 0.25) is 0 Å². The van der Waals surface area contributed by atoms with Crippen molar-refractivity contribution in [3.05, 3.63) is 71.9 Å². The number of aliphatic carboxylic acids is 1. The summed E-state index contributed by atoms with van der Waals surface area (Å²) in [6.07, 6.45) is 1.87. The Bertz CT molecular complexity index is 1340. The van der Waals surface area contributed by atoms with Gasteiger partial charge in [0.25, 0.3) is 0 Å². The third-order valence-corrected chi connectivity index (χ3v) is 5.52. The molecule has 8 nitrogen and oxygen atoms in total. The highest BCUT2D eigenvalue weighted by Gasteiger charge is 2.21. The lowest BCUT2D eigenvalue weighted by Gasteiger charge is -2.17. The summed E-state index contributed by atoms with van der Waals surface area (Å²) in [5.74, 6) is -0.947. The van der Waals surface area contributed by atoms with Gasteiger partial charge in [-0.15, -0.1) is 0 Å². The fourth-order valence-electron chi connectivity index (χ4n) is 3.92. The zero-order valence-electron chi connectivity index (χ0n) is 19.3. The summed E-state index contributed by atoms with van der Waals surface area (Å²) in [5.41, 5.74) is 3.89. The Labute approximate surface area is 201 Å². The SMILES string of the molecule is CC(C)c1nc2cc(-c3ccco3)nn2c(-c2ccc(F)cc2)c1/C=C/C(O)CC(O)CC(=O)O. The lowest BCUT2D eigenvalue weighted by Crippen LogP contribution is -2.19. The van der Waals surface area contributed by atoms with Gasteiger partial charge in [-0.3, -0.25) is 4.79 Å². The van der Waals surface area contributed by atoms with Gasteiger partial charge in [-0.2, -0.15) is 5.10 Å². The smallest absolute Gasteiger partial charge is 0.305 e. The zero-order chi connectivity index (χ0) is 25.1. The van der Waals surface area contributed by atoms with Crippen molar-refractivity contribution in [3.8, 4) is 22.7 Å². The van der Waals surface area contributed by atoms with Crippen LogP contribution >= 0.6 is 0 Å². The minimum Gasteiger partial charge on any atom is -0.481 e. The zero-order valence-corrected chi connectivity index (χ0v) is 19.3. The Morgan fingerprint density at radius 3 is 2.57 bits per heavy atom. The molecule has 4 rings (SSSR count). The summed E-state index contributed by atoms with van der Waals surface area (Å²) in [5, 5.41) is 33.8. The van der Waals surface area contributed by atoms with Crippen LogP contribution in [0, 0.1) is 5.82 Å². The van der Waals surface area contributed by atoms with Crippen LogP contribution in [-0.4, -0.2) is 48.1 Å². The molecule has 3 aromatic heterocycles. The number of aliphatic hydroxyl groups excluding tert-OH is 2. The van der Waals surface area contributed by atoms with E-state index in [1.165, 1.54) is 18.2 Å². The maximum atomic E-state index is 13.7. The number of furan rings is 1. The highest BCUT2D eigenvalue weighted by molar-refractivity contribution is 5.77. The number of rotatable bonds is 9. The molecule has 0 bridgehead atoms. The quantitative estimate of drug-likeness (QED) is 0.323. The van der Waals surface area contributed by atoms with E-state index in [1.807, 2.05) is 19.9 Å². The van der Waals surface area contributed by atoms with Gasteiger partial charge in [0, 0.05) is 23.6 Å². The second-order valence-electron chi connectivity index (χ2n) is 8.61. The number of benzene rings is 1. The molecular weight excluding hydrogens is 453 g/mol. The Morgan fingerprint density at radius 2 is 1.94 bits per heavy atom. The summed E-state index contributed by atoms with van der Waals surface area (Å²) >= 11 is 0. The van der Waals surface area contributed by atoms with Gasteiger partial charge < -0.3 is 19.7 Å². The topological polar surface area (TPSA) is 121 Å². The van der Waals surface area contributed by atoms with Gasteiger partial charge in [0.15, 0.2) is 11.4 Å². The Hall–Kier alpha value is -3.82. The first kappa shape index (κ1) is 24.3. The molecule has 3 N–H and O–H groups in total. The van der Waals surface area contributed by atoms with Crippen LogP contribution < -0.4 is 0 Å². The van der Waals surface area contributed by atoms with Crippen LogP contribution in [0.1, 0.15) is 43.9 Å². The Balaban J connectivity index is 1.86. The molecule has 182 valence electrons. The maximum Gasteiger partial charge on any atom is 0.305 e. The number of carboxylic acids is 1. The molecule has 0 amide bonds. The van der Waals surface area contributed by atoms with Gasteiger partial charge in [-0.25, -0.2) is 13.9 Å². The molecule has 2 atom stereocenters. The molecule has 0 spiro atoms. The van der Waals surface area contributed by atoms with Gasteiger partial charge in [-0.1, -0.05) is 26.0 Å². The molecule has 0 saturated carbocycles. The molecule has 0 fully saturated rings. The average molecular weight is 480 g/mol. The maximum absolute atomic E-state index is 13.7. The van der Waals surface area contributed by atoms with Crippen LogP contribution in [0.15, 0.2) is 59.2 Å². The lowest BCUT2D eigenvalue weighted by atomic mass is 9.97. The second kappa shape index (κ2) is 10.2. The fraction of sp³-hybridized carbons (Fsp3) is 0.269. The van der Waals surface area contributed by atoms with E-state index in [-0.39, 0.29) is 18.2 Å². The molecule has 0 saturated heterocycles. The molecule has 0 aliphatic heterocycles. The third-order valence-electron chi connectivity index (χ3n) is 5.52. The van der Waals surface area contributed by atoms with Crippen LogP contribution in [0.5, 0.6) is 0 Å². The summed E-state index contributed by atoms with van der Waals surface area (Å²) < 4.78 is 20.9. The van der Waals surface area contributed by atoms with Gasteiger partial charge in [0.05, 0.1) is 36.3 Å². The predicted octanol–water partition coefficient (Wildman–Crippen LogP) is 4.52. The Morgan fingerprint density at radius 1 is 1.20 bits per heavy atom. The number of nitrogens with zero attached hydrogens (tertiary/aromatic N) is 3. The van der Waals surface area contributed by atoms with E-state index in [1.54, 1.807) is 41.1 Å². The standard InChI is InChI=1S/C26H26FN3O5/c1-15(2)25-20(10-9-18(31)12-19(32)13-24(33)34)26(16-5-7-17(27)8-6-16)30-23(28-25)14-21(29-30)22-4-3-11-35-22/h3-11,14-15,18-19,31-32H,12-13H2,1-2H3,(H,33,34)/b10-9+. The van der Waals surface area contributed by atoms with Crippen molar-refractivity contribution in [2.24, 2.45) is 0 Å². The molecule has 0 radical (unpaired) electrons. The summed E-state index contributed by atoms with van der Waals surface area (Å²) in [4.78, 5) is 15.6. The van der Waals surface area contributed by atoms with Crippen molar-refractivity contribution in [1.29, 1.82) is 0 Å². The van der Waals surface area contributed by atoms with Crippen molar-refractivity contribution in [3.63, 3.8) is 0 Å². The van der Waals surface area contributed by atoms with Crippen LogP contribution in [0.4, 0.5) is 4.39 Å². The van der Waals surface area contributed by atoms with Crippen molar-refractivity contribution in [2.45, 2.75) is 44.8 Å². The first-order valence-electron chi connectivity index (χ1n) is 11.2. The number of fused-ring (bicyclic) bond motifs is 1. The highest BCUT2D eigenvalue weighted by Crippen LogP contribution is 2.33. The number of carbonyl (C=O) groups is 1. The van der Waals surface area contributed by atoms with Crippen LogP contribution in [-0.2, 0) is 4.79 Å². The monoisotopic (exact) mass is 479 g/mol. The summed E-state index contributed by atoms with van der Waals surface area (Å²) in [7, 11) is 0. The number of carboxylic acid groups (broad SMARTS) is 1. The van der Waals surface area contributed by atoms with E-state index in [0.717, 1.165) is 5.69 Å². The van der Waals surface area contributed by atoms with Crippen molar-refractivity contribution >= 4 is 17.7 Å². The molecule has 2 unspecified atom stereocenters. The van der Waals surface area contributed by atoms with Crippen LogP contribution in [0.25, 0.3) is 34.4 Å². The number of aliphatic hydroxyl groups is 2. The molecule has 0 aliphatic rings. The first-order valence-corrected chi connectivity index (χ1v) is 11.2. The number of aromatic nitrogens is 3. The van der Waals surface area contributed by atoms with Crippen molar-refractivity contribution < 1.29 is 28.9 Å². The average Bonchev–Trinajstić information content (AvgIpc) is 3.46. The molecule has 0 aliphatic carbocycles.